The molecule has 1 atom stereocenters. The first kappa shape index (κ1) is 29.6. The molecule has 0 saturated heterocycles. The van der Waals surface area contributed by atoms with Gasteiger partial charge in [-0.15, -0.1) is 0 Å². The molecule has 3 aromatic carbocycles. The summed E-state index contributed by atoms with van der Waals surface area (Å²) >= 11 is 0. The number of carbonyl (C=O) groups excluding carboxylic acids is 1. The average Bonchev–Trinajstić information content (AvgIpc) is 3.55. The summed E-state index contributed by atoms with van der Waals surface area (Å²) < 4.78 is 0. The van der Waals surface area contributed by atoms with Crippen LogP contribution in [0.4, 0.5) is 0 Å². The van der Waals surface area contributed by atoms with Gasteiger partial charge in [-0.1, -0.05) is 81.2 Å². The summed E-state index contributed by atoms with van der Waals surface area (Å²) in [5.41, 5.74) is 6.83. The Balaban J connectivity index is 1.33. The number of hydrogen-bond donors (Lipinski definition) is 1. The molecule has 0 aliphatic heterocycles. The highest BCUT2D eigenvalue weighted by atomic mass is 16.4. The van der Waals surface area contributed by atoms with E-state index in [9.17, 15) is 14.7 Å². The van der Waals surface area contributed by atoms with Crippen LogP contribution < -0.4 is 0 Å². The molecule has 2 aliphatic rings. The SMILES string of the molecule is CCCCc1ccc(C#Cc2ccc(CN(C(=O)CCC3CCCC3)C3CCCc4ccc(C(=O)O)cc43)cc2)cc1. The van der Waals surface area contributed by atoms with E-state index in [1.165, 1.54) is 44.1 Å². The number of carboxylic acids is 1. The van der Waals surface area contributed by atoms with Crippen LogP contribution in [0.1, 0.15) is 121 Å². The van der Waals surface area contributed by atoms with Gasteiger partial charge in [-0.25, -0.2) is 4.79 Å². The molecule has 0 radical (unpaired) electrons. The van der Waals surface area contributed by atoms with Crippen LogP contribution in [0, 0.1) is 17.8 Å². The summed E-state index contributed by atoms with van der Waals surface area (Å²) in [4.78, 5) is 27.6. The maximum atomic E-state index is 13.8. The number of rotatable bonds is 10. The van der Waals surface area contributed by atoms with Crippen LogP contribution in [-0.2, 0) is 24.2 Å². The van der Waals surface area contributed by atoms with Crippen molar-refractivity contribution >= 4 is 11.9 Å². The average molecular weight is 562 g/mol. The summed E-state index contributed by atoms with van der Waals surface area (Å²) in [7, 11) is 0. The van der Waals surface area contributed by atoms with Gasteiger partial charge in [0.1, 0.15) is 0 Å². The lowest BCUT2D eigenvalue weighted by Gasteiger charge is -2.36. The van der Waals surface area contributed by atoms with Crippen molar-refractivity contribution in [2.75, 3.05) is 0 Å². The van der Waals surface area contributed by atoms with E-state index in [2.05, 4.69) is 55.2 Å². The Bertz CT molecular complexity index is 1420. The molecule has 5 rings (SSSR count). The molecule has 42 heavy (non-hydrogen) atoms. The van der Waals surface area contributed by atoms with Crippen molar-refractivity contribution < 1.29 is 14.7 Å². The first-order valence-corrected chi connectivity index (χ1v) is 15.9. The van der Waals surface area contributed by atoms with Gasteiger partial charge in [0.25, 0.3) is 0 Å². The molecule has 1 saturated carbocycles. The zero-order valence-electron chi connectivity index (χ0n) is 24.9. The summed E-state index contributed by atoms with van der Waals surface area (Å²) in [5.74, 6) is 6.46. The molecule has 1 fully saturated rings. The molecule has 2 aliphatic carbocycles. The number of hydrogen-bond acceptors (Lipinski definition) is 2. The van der Waals surface area contributed by atoms with E-state index in [4.69, 9.17) is 0 Å². The molecule has 0 aromatic heterocycles. The summed E-state index contributed by atoms with van der Waals surface area (Å²) in [6.45, 7) is 2.72. The monoisotopic (exact) mass is 561 g/mol. The van der Waals surface area contributed by atoms with Crippen LogP contribution in [0.25, 0.3) is 0 Å². The fourth-order valence-electron chi connectivity index (χ4n) is 6.54. The predicted octanol–water partition coefficient (Wildman–Crippen LogP) is 8.50. The molecule has 4 heteroatoms. The normalized spacial score (nSPS) is 16.4. The van der Waals surface area contributed by atoms with Crippen molar-refractivity contribution in [3.8, 4) is 11.8 Å². The number of fused-ring (bicyclic) bond motifs is 1. The molecule has 0 heterocycles. The van der Waals surface area contributed by atoms with Crippen molar-refractivity contribution in [3.63, 3.8) is 0 Å². The van der Waals surface area contributed by atoms with Crippen molar-refractivity contribution in [2.24, 2.45) is 5.92 Å². The second kappa shape index (κ2) is 14.4. The molecular formula is C38H43NO3. The number of benzene rings is 3. The smallest absolute Gasteiger partial charge is 0.335 e. The Hall–Kier alpha value is -3.84. The Labute approximate surface area is 251 Å². The molecule has 0 spiro atoms. The molecule has 0 bridgehead atoms. The third kappa shape index (κ3) is 7.71. The molecule has 1 N–H and O–H groups in total. The van der Waals surface area contributed by atoms with Gasteiger partial charge in [-0.05, 0) is 103 Å². The maximum Gasteiger partial charge on any atom is 0.335 e. The molecule has 4 nitrogen and oxygen atoms in total. The zero-order chi connectivity index (χ0) is 29.3. The van der Waals surface area contributed by atoms with Crippen molar-refractivity contribution in [2.45, 2.75) is 96.6 Å². The number of carbonyl (C=O) groups is 2. The van der Waals surface area contributed by atoms with Gasteiger partial charge in [-0.2, -0.15) is 0 Å². The minimum atomic E-state index is -0.926. The maximum absolute atomic E-state index is 13.8. The molecular weight excluding hydrogens is 518 g/mol. The van der Waals surface area contributed by atoms with E-state index >= 15 is 0 Å². The minimum absolute atomic E-state index is 0.108. The topological polar surface area (TPSA) is 57.6 Å². The van der Waals surface area contributed by atoms with Crippen molar-refractivity contribution in [1.82, 2.24) is 4.90 Å². The number of nitrogens with zero attached hydrogens (tertiary/aromatic N) is 1. The summed E-state index contributed by atoms with van der Waals surface area (Å²) in [6.07, 6.45) is 12.8. The number of carboxylic acid groups (broad SMARTS) is 1. The Morgan fingerprint density at radius 1 is 0.857 bits per heavy atom. The molecule has 218 valence electrons. The Morgan fingerprint density at radius 2 is 1.52 bits per heavy atom. The fourth-order valence-corrected chi connectivity index (χ4v) is 6.54. The lowest BCUT2D eigenvalue weighted by molar-refractivity contribution is -0.135. The quantitative estimate of drug-likeness (QED) is 0.253. The highest BCUT2D eigenvalue weighted by molar-refractivity contribution is 5.88. The van der Waals surface area contributed by atoms with E-state index in [1.807, 2.05) is 23.1 Å². The number of unbranched alkanes of at least 4 members (excludes halogenated alkanes) is 1. The lowest BCUT2D eigenvalue weighted by Crippen LogP contribution is -2.36. The van der Waals surface area contributed by atoms with Gasteiger partial charge in [-0.3, -0.25) is 4.79 Å². The second-order valence-corrected chi connectivity index (χ2v) is 12.1. The van der Waals surface area contributed by atoms with Crippen molar-refractivity contribution in [1.29, 1.82) is 0 Å². The van der Waals surface area contributed by atoms with E-state index in [0.29, 0.717) is 18.9 Å². The van der Waals surface area contributed by atoms with Crippen LogP contribution in [0.5, 0.6) is 0 Å². The number of aryl methyl sites for hydroxylation is 2. The zero-order valence-corrected chi connectivity index (χ0v) is 24.9. The Morgan fingerprint density at radius 3 is 2.17 bits per heavy atom. The fraction of sp³-hybridized carbons (Fsp3) is 0.421. The van der Waals surface area contributed by atoms with E-state index in [-0.39, 0.29) is 17.5 Å². The highest BCUT2D eigenvalue weighted by Crippen LogP contribution is 2.37. The lowest BCUT2D eigenvalue weighted by atomic mass is 9.85. The molecule has 1 unspecified atom stereocenters. The minimum Gasteiger partial charge on any atom is -0.478 e. The van der Waals surface area contributed by atoms with Crippen LogP contribution in [0.3, 0.4) is 0 Å². The molecule has 1 amide bonds. The van der Waals surface area contributed by atoms with E-state index in [0.717, 1.165) is 59.9 Å². The van der Waals surface area contributed by atoms with Crippen molar-refractivity contribution in [3.05, 3.63) is 106 Å². The van der Waals surface area contributed by atoms with Crippen LogP contribution in [-0.4, -0.2) is 21.9 Å². The van der Waals surface area contributed by atoms with Gasteiger partial charge in [0, 0.05) is 24.1 Å². The third-order valence-electron chi connectivity index (χ3n) is 9.04. The van der Waals surface area contributed by atoms with E-state index in [1.54, 1.807) is 12.1 Å². The van der Waals surface area contributed by atoms with Gasteiger partial charge < -0.3 is 10.0 Å². The predicted molar refractivity (Wildman–Crippen MR) is 168 cm³/mol. The van der Waals surface area contributed by atoms with Crippen LogP contribution >= 0.6 is 0 Å². The second-order valence-electron chi connectivity index (χ2n) is 12.1. The van der Waals surface area contributed by atoms with Crippen LogP contribution in [0.15, 0.2) is 66.7 Å². The Kier molecular flexibility index (Phi) is 10.1. The highest BCUT2D eigenvalue weighted by Gasteiger charge is 2.30. The largest absolute Gasteiger partial charge is 0.478 e. The number of aromatic carboxylic acids is 1. The first-order chi connectivity index (χ1) is 20.5. The summed E-state index contributed by atoms with van der Waals surface area (Å²) in [6, 6.07) is 22.1. The van der Waals surface area contributed by atoms with Gasteiger partial charge in [0.2, 0.25) is 5.91 Å². The molecule has 3 aromatic rings. The third-order valence-corrected chi connectivity index (χ3v) is 9.04. The van der Waals surface area contributed by atoms with Gasteiger partial charge >= 0.3 is 5.97 Å². The van der Waals surface area contributed by atoms with Gasteiger partial charge in [0.05, 0.1) is 11.6 Å². The van der Waals surface area contributed by atoms with Gasteiger partial charge in [0.15, 0.2) is 0 Å². The van der Waals surface area contributed by atoms with Crippen LogP contribution in [0.2, 0.25) is 0 Å². The van der Waals surface area contributed by atoms with E-state index < -0.39 is 5.97 Å². The number of amides is 1. The first-order valence-electron chi connectivity index (χ1n) is 15.9. The standard InChI is InChI=1S/C38H43NO3/c1-2-3-7-29-12-14-30(15-13-29)16-17-31-18-20-32(21-19-31)27-39(37(40)25-22-28-8-4-5-9-28)36-11-6-10-33-23-24-34(38(41)42)26-35(33)36/h12-15,18-21,23-24,26,28,36H,2-11,22,25,27H2,1H3,(H,41,42). The summed E-state index contributed by atoms with van der Waals surface area (Å²) in [5, 5.41) is 9.66.